The molecule has 4 amide bonds. The lowest BCUT2D eigenvalue weighted by Crippen LogP contribution is -2.52. The van der Waals surface area contributed by atoms with Crippen LogP contribution in [0.15, 0.2) is 84.9 Å². The molecule has 1 fully saturated rings. The van der Waals surface area contributed by atoms with E-state index in [2.05, 4.69) is 25.7 Å². The third-order valence-corrected chi connectivity index (χ3v) is 12.0. The number of aryl methyl sites for hydroxylation is 1. The second-order valence-corrected chi connectivity index (χ2v) is 17.1. The minimum atomic E-state index is -4.50. The predicted molar refractivity (Wildman–Crippen MR) is 254 cm³/mol. The highest BCUT2D eigenvalue weighted by molar-refractivity contribution is 6.31. The lowest BCUT2D eigenvalue weighted by Gasteiger charge is -2.29. The summed E-state index contributed by atoms with van der Waals surface area (Å²) in [5.41, 5.74) is 3.49. The predicted octanol–water partition coefficient (Wildman–Crippen LogP) is 5.98. The fraction of sp³-hybridized carbons (Fsp3) is 0.360. The zero-order valence-electron chi connectivity index (χ0n) is 38.8. The van der Waals surface area contributed by atoms with Crippen LogP contribution in [0.25, 0.3) is 28.2 Å². The Morgan fingerprint density at radius 3 is 2.22 bits per heavy atom. The Morgan fingerprint density at radius 1 is 0.833 bits per heavy atom. The van der Waals surface area contributed by atoms with Gasteiger partial charge in [-0.15, -0.1) is 0 Å². The number of ether oxygens (including phenoxy) is 6. The number of imide groups is 1. The molecule has 1 unspecified atom stereocenters. The molecule has 4 aromatic carbocycles. The molecule has 1 saturated heterocycles. The number of halogens is 4. The SMILES string of the molecule is O=C(COc1cccc2c1CN(C1CCC(=O)NC1=O)C2=O)NCCOCCOCCOCCOCCOc1ccc(CCc2c(-c3ccc(C(F)(F)F)cc3)nn(-c3nc4cc(Cl)ccc4[nH]3)c2O)cc1. The summed E-state index contributed by atoms with van der Waals surface area (Å²) in [6.45, 7) is 3.14. The summed E-state index contributed by atoms with van der Waals surface area (Å²) in [6, 6.07) is 21.4. The molecule has 0 radical (unpaired) electrons. The number of H-pyrrole nitrogens is 1. The van der Waals surface area contributed by atoms with Crippen LogP contribution in [-0.4, -0.2) is 132 Å². The number of alkyl halides is 3. The minimum Gasteiger partial charge on any atom is -0.493 e. The highest BCUT2D eigenvalue weighted by Crippen LogP contribution is 2.37. The second-order valence-electron chi connectivity index (χ2n) is 16.6. The van der Waals surface area contributed by atoms with Crippen LogP contribution in [0.3, 0.4) is 0 Å². The maximum Gasteiger partial charge on any atom is 0.416 e. The number of aromatic hydroxyl groups is 1. The minimum absolute atomic E-state index is 0.137. The van der Waals surface area contributed by atoms with Gasteiger partial charge in [-0.2, -0.15) is 23.0 Å². The molecule has 6 aromatic rings. The number of nitrogens with zero attached hydrogens (tertiary/aromatic N) is 4. The number of aromatic nitrogens is 4. The number of amides is 4. The molecule has 1 atom stereocenters. The molecule has 0 bridgehead atoms. The van der Waals surface area contributed by atoms with E-state index >= 15 is 0 Å². The average Bonchev–Trinajstić information content (AvgIpc) is 4.04. The van der Waals surface area contributed by atoms with Crippen molar-refractivity contribution in [1.82, 2.24) is 35.3 Å². The molecule has 2 aliphatic heterocycles. The van der Waals surface area contributed by atoms with E-state index in [0.717, 1.165) is 17.7 Å². The molecule has 4 heterocycles. The van der Waals surface area contributed by atoms with Gasteiger partial charge in [0.05, 0.1) is 76.0 Å². The molecule has 72 heavy (non-hydrogen) atoms. The van der Waals surface area contributed by atoms with Crippen molar-refractivity contribution in [1.29, 1.82) is 0 Å². The number of carbonyl (C=O) groups is 4. The number of fused-ring (bicyclic) bond motifs is 2. The van der Waals surface area contributed by atoms with E-state index in [1.54, 1.807) is 36.4 Å². The molecule has 380 valence electrons. The van der Waals surface area contributed by atoms with Crippen LogP contribution in [0.2, 0.25) is 5.02 Å². The van der Waals surface area contributed by atoms with Gasteiger partial charge in [-0.3, -0.25) is 24.5 Å². The molecule has 22 heteroatoms. The number of imidazole rings is 1. The maximum atomic E-state index is 13.3. The highest BCUT2D eigenvalue weighted by atomic mass is 35.5. The Labute approximate surface area is 415 Å². The van der Waals surface area contributed by atoms with Gasteiger partial charge in [0.15, 0.2) is 6.61 Å². The van der Waals surface area contributed by atoms with Crippen LogP contribution in [0, 0.1) is 0 Å². The first kappa shape index (κ1) is 51.3. The lowest BCUT2D eigenvalue weighted by atomic mass is 10.00. The first-order valence-corrected chi connectivity index (χ1v) is 23.5. The van der Waals surface area contributed by atoms with Crippen molar-refractivity contribution in [3.05, 3.63) is 118 Å². The van der Waals surface area contributed by atoms with Crippen molar-refractivity contribution in [3.63, 3.8) is 0 Å². The smallest absolute Gasteiger partial charge is 0.416 e. The number of hydrogen-bond donors (Lipinski definition) is 4. The van der Waals surface area contributed by atoms with Crippen LogP contribution >= 0.6 is 11.6 Å². The van der Waals surface area contributed by atoms with Crippen molar-refractivity contribution in [2.24, 2.45) is 0 Å². The van der Waals surface area contributed by atoms with Crippen molar-refractivity contribution in [2.75, 3.05) is 72.6 Å². The van der Waals surface area contributed by atoms with Crippen LogP contribution in [0.1, 0.15) is 45.5 Å². The van der Waals surface area contributed by atoms with Crippen molar-refractivity contribution in [2.45, 2.75) is 44.4 Å². The summed E-state index contributed by atoms with van der Waals surface area (Å²) in [6.07, 6.45) is -3.31. The Bertz CT molecular complexity index is 2860. The van der Waals surface area contributed by atoms with E-state index in [-0.39, 0.29) is 68.7 Å². The monoisotopic (exact) mass is 1020 g/mol. The van der Waals surface area contributed by atoms with Crippen molar-refractivity contribution < 1.29 is 65.9 Å². The number of aromatic amines is 1. The number of nitrogens with one attached hydrogen (secondary N) is 3. The third-order valence-electron chi connectivity index (χ3n) is 11.7. The van der Waals surface area contributed by atoms with Gasteiger partial charge >= 0.3 is 6.18 Å². The largest absolute Gasteiger partial charge is 0.493 e. The van der Waals surface area contributed by atoms with E-state index in [1.807, 2.05) is 24.3 Å². The van der Waals surface area contributed by atoms with Crippen LogP contribution in [0.4, 0.5) is 13.2 Å². The van der Waals surface area contributed by atoms with Gasteiger partial charge in [0.2, 0.25) is 23.6 Å². The molecule has 2 aliphatic rings. The quantitative estimate of drug-likeness (QED) is 0.0384. The molecule has 0 spiro atoms. The fourth-order valence-electron chi connectivity index (χ4n) is 8.09. The Balaban J connectivity index is 0.658. The molecule has 0 aliphatic carbocycles. The average molecular weight is 1020 g/mol. The zero-order chi connectivity index (χ0) is 50.6. The molecular formula is C50H51ClF3N7O11. The Morgan fingerprint density at radius 2 is 1.53 bits per heavy atom. The zero-order valence-corrected chi connectivity index (χ0v) is 39.6. The molecule has 18 nitrogen and oxygen atoms in total. The van der Waals surface area contributed by atoms with Gasteiger partial charge in [-0.25, -0.2) is 4.98 Å². The fourth-order valence-corrected chi connectivity index (χ4v) is 8.25. The van der Waals surface area contributed by atoms with Crippen molar-refractivity contribution >= 4 is 46.3 Å². The standard InChI is InChI=1S/C50H51ClF3N7O11/c51-34-11-15-39-40(28-34)57-49(56-39)61-48(66)37(45(59-61)32-7-9-33(10-8-32)50(52,53)54)14-6-31-4-12-35(13-5-31)71-27-26-70-25-24-69-23-22-68-21-20-67-19-18-55-44(63)30-72-42-3-1-2-36-38(42)29-60(47(36)65)41-16-17-43(62)58-46(41)64/h1-5,7-13,15,28,41,66H,6,14,16-27,29-30H2,(H,55,63)(H,56,57)(H,58,62,64). The van der Waals surface area contributed by atoms with Crippen LogP contribution in [-0.2, 0) is 58.9 Å². The van der Waals surface area contributed by atoms with Gasteiger partial charge < -0.3 is 48.7 Å². The van der Waals surface area contributed by atoms with Gasteiger partial charge in [0, 0.05) is 40.2 Å². The number of piperidine rings is 1. The van der Waals surface area contributed by atoms with E-state index in [0.29, 0.717) is 121 Å². The molecule has 2 aromatic heterocycles. The number of benzene rings is 4. The van der Waals surface area contributed by atoms with Crippen LogP contribution in [0.5, 0.6) is 17.4 Å². The van der Waals surface area contributed by atoms with E-state index in [4.69, 9.17) is 40.0 Å². The molecule has 8 rings (SSSR count). The summed E-state index contributed by atoms with van der Waals surface area (Å²) in [5.74, 6) is -0.528. The van der Waals surface area contributed by atoms with Gasteiger partial charge in [-0.1, -0.05) is 41.9 Å². The summed E-state index contributed by atoms with van der Waals surface area (Å²) in [4.78, 5) is 58.4. The maximum absolute atomic E-state index is 13.3. The highest BCUT2D eigenvalue weighted by Gasteiger charge is 2.40. The number of rotatable bonds is 25. The van der Waals surface area contributed by atoms with Gasteiger partial charge in [0.25, 0.3) is 11.8 Å². The summed E-state index contributed by atoms with van der Waals surface area (Å²) < 4.78 is 75.0. The Kier molecular flexibility index (Phi) is 17.0. The van der Waals surface area contributed by atoms with Gasteiger partial charge in [0.1, 0.15) is 29.8 Å². The topological polar surface area (TPSA) is 218 Å². The molecule has 0 saturated carbocycles. The summed E-state index contributed by atoms with van der Waals surface area (Å²) in [7, 11) is 0. The van der Waals surface area contributed by atoms with Gasteiger partial charge in [-0.05, 0) is 79.4 Å². The summed E-state index contributed by atoms with van der Waals surface area (Å²) >= 11 is 6.14. The lowest BCUT2D eigenvalue weighted by molar-refractivity contribution is -0.138. The molecular weight excluding hydrogens is 967 g/mol. The van der Waals surface area contributed by atoms with E-state index in [1.165, 1.54) is 21.7 Å². The first-order valence-electron chi connectivity index (χ1n) is 23.2. The summed E-state index contributed by atoms with van der Waals surface area (Å²) in [5, 5.41) is 21.5. The molecule has 4 N–H and O–H groups in total. The second kappa shape index (κ2) is 23.9. The first-order chi connectivity index (χ1) is 34.8. The van der Waals surface area contributed by atoms with Crippen molar-refractivity contribution in [3.8, 4) is 34.6 Å². The van der Waals surface area contributed by atoms with Crippen LogP contribution < -0.4 is 20.1 Å². The Hall–Kier alpha value is -7.04. The van der Waals surface area contributed by atoms with E-state index in [9.17, 15) is 37.5 Å². The number of carbonyl (C=O) groups excluding carboxylic acids is 4. The van der Waals surface area contributed by atoms with E-state index < -0.39 is 23.7 Å². The normalized spacial score (nSPS) is 14.8. The third kappa shape index (κ3) is 13.1. The number of hydrogen-bond acceptors (Lipinski definition) is 13.